The van der Waals surface area contributed by atoms with E-state index in [2.05, 4.69) is 6.92 Å². The lowest BCUT2D eigenvalue weighted by atomic mass is 10.2. The number of hydrogen-bond acceptors (Lipinski definition) is 3. The number of carbonyl (C=O) groups is 1. The third-order valence-electron chi connectivity index (χ3n) is 2.89. The highest BCUT2D eigenvalue weighted by Gasteiger charge is 2.22. The number of anilines is 2. The van der Waals surface area contributed by atoms with Gasteiger partial charge in [0, 0.05) is 29.3 Å². The van der Waals surface area contributed by atoms with E-state index in [0.29, 0.717) is 6.42 Å². The highest BCUT2D eigenvalue weighted by Crippen LogP contribution is 2.36. The van der Waals surface area contributed by atoms with Crippen LogP contribution in [0, 0.1) is 0 Å². The maximum Gasteiger partial charge on any atom is 0.227 e. The van der Waals surface area contributed by atoms with Gasteiger partial charge in [0.25, 0.3) is 0 Å². The Balaban J connectivity index is 2.21. The number of thioether (sulfide) groups is 1. The van der Waals surface area contributed by atoms with Gasteiger partial charge in [-0.15, -0.1) is 11.8 Å². The van der Waals surface area contributed by atoms with Crippen molar-refractivity contribution >= 4 is 29.0 Å². The fourth-order valence-electron chi connectivity index (χ4n) is 1.96. The van der Waals surface area contributed by atoms with E-state index in [-0.39, 0.29) is 5.91 Å². The maximum absolute atomic E-state index is 12.1. The summed E-state index contributed by atoms with van der Waals surface area (Å²) in [6, 6.07) is 5.81. The van der Waals surface area contributed by atoms with E-state index >= 15 is 0 Å². The summed E-state index contributed by atoms with van der Waals surface area (Å²) in [4.78, 5) is 15.2. The van der Waals surface area contributed by atoms with Crippen LogP contribution in [0.15, 0.2) is 23.1 Å². The predicted molar refractivity (Wildman–Crippen MR) is 73.5 cm³/mol. The molecular weight excluding hydrogens is 232 g/mol. The molecule has 0 aromatic heterocycles. The molecule has 1 aromatic carbocycles. The lowest BCUT2D eigenvalue weighted by Gasteiger charge is -2.29. The number of amides is 1. The quantitative estimate of drug-likeness (QED) is 0.839. The summed E-state index contributed by atoms with van der Waals surface area (Å²) < 4.78 is 0. The van der Waals surface area contributed by atoms with Gasteiger partial charge in [0.15, 0.2) is 0 Å². The molecular formula is C13H18N2OS. The molecule has 2 rings (SSSR count). The first-order valence-corrected chi connectivity index (χ1v) is 7.03. The number of unbranched alkanes of at least 4 members (excludes halogenated alkanes) is 1. The normalized spacial score (nSPS) is 14.5. The molecule has 0 unspecified atom stereocenters. The number of hydrogen-bond donors (Lipinski definition) is 1. The fraction of sp³-hybridized carbons (Fsp3) is 0.462. The Morgan fingerprint density at radius 1 is 1.53 bits per heavy atom. The molecule has 1 amide bonds. The molecule has 92 valence electrons. The summed E-state index contributed by atoms with van der Waals surface area (Å²) in [7, 11) is 0. The number of nitrogens with zero attached hydrogens (tertiary/aromatic N) is 1. The van der Waals surface area contributed by atoms with E-state index in [1.165, 1.54) is 0 Å². The second kappa shape index (κ2) is 5.45. The van der Waals surface area contributed by atoms with Gasteiger partial charge in [-0.1, -0.05) is 13.3 Å². The van der Waals surface area contributed by atoms with Gasteiger partial charge in [0.05, 0.1) is 5.69 Å². The summed E-state index contributed by atoms with van der Waals surface area (Å²) in [5, 5.41) is 0. The molecule has 1 aromatic rings. The van der Waals surface area contributed by atoms with Crippen molar-refractivity contribution in [3.05, 3.63) is 18.2 Å². The molecule has 0 bridgehead atoms. The Morgan fingerprint density at radius 2 is 2.35 bits per heavy atom. The average molecular weight is 250 g/mol. The minimum Gasteiger partial charge on any atom is -0.399 e. The molecule has 2 N–H and O–H groups in total. The van der Waals surface area contributed by atoms with Crippen LogP contribution in [0.25, 0.3) is 0 Å². The van der Waals surface area contributed by atoms with Crippen LogP contribution in [0.4, 0.5) is 11.4 Å². The Bertz CT molecular complexity index is 420. The molecule has 0 fully saturated rings. The molecule has 4 heteroatoms. The van der Waals surface area contributed by atoms with Crippen LogP contribution in [0.1, 0.15) is 26.2 Å². The number of carbonyl (C=O) groups excluding carboxylic acids is 1. The molecule has 0 saturated heterocycles. The lowest BCUT2D eigenvalue weighted by molar-refractivity contribution is -0.118. The first kappa shape index (κ1) is 12.3. The Kier molecular flexibility index (Phi) is 3.94. The Labute approximate surface area is 106 Å². The van der Waals surface area contributed by atoms with Crippen molar-refractivity contribution in [2.24, 2.45) is 0 Å². The second-order valence-electron chi connectivity index (χ2n) is 4.22. The van der Waals surface area contributed by atoms with Crippen molar-refractivity contribution in [3.8, 4) is 0 Å². The lowest BCUT2D eigenvalue weighted by Crippen LogP contribution is -2.35. The molecule has 1 aliphatic heterocycles. The minimum absolute atomic E-state index is 0.221. The molecule has 0 saturated carbocycles. The molecule has 0 atom stereocenters. The highest BCUT2D eigenvalue weighted by atomic mass is 32.2. The van der Waals surface area contributed by atoms with Gasteiger partial charge >= 0.3 is 0 Å². The van der Waals surface area contributed by atoms with Crippen LogP contribution in [0.3, 0.4) is 0 Å². The zero-order valence-corrected chi connectivity index (χ0v) is 10.9. The standard InChI is InChI=1S/C13H18N2OS/c1-2-3-4-13(16)15-7-8-17-12-6-5-10(14)9-11(12)15/h5-6,9H,2-4,7-8,14H2,1H3. The van der Waals surface area contributed by atoms with E-state index in [1.807, 2.05) is 23.1 Å². The average Bonchev–Trinajstić information content (AvgIpc) is 2.35. The predicted octanol–water partition coefficient (Wildman–Crippen LogP) is 2.90. The summed E-state index contributed by atoms with van der Waals surface area (Å²) in [6.07, 6.45) is 2.65. The van der Waals surface area contributed by atoms with Crippen LogP contribution >= 0.6 is 11.8 Å². The number of nitrogens with two attached hydrogens (primary N) is 1. The van der Waals surface area contributed by atoms with Crippen molar-refractivity contribution in [2.45, 2.75) is 31.1 Å². The fourth-order valence-corrected chi connectivity index (χ4v) is 2.93. The van der Waals surface area contributed by atoms with Crippen LogP contribution in [-0.2, 0) is 4.79 Å². The highest BCUT2D eigenvalue weighted by molar-refractivity contribution is 7.99. The summed E-state index contributed by atoms with van der Waals surface area (Å²) >= 11 is 1.79. The molecule has 0 spiro atoms. The molecule has 0 aliphatic carbocycles. The molecule has 17 heavy (non-hydrogen) atoms. The van der Waals surface area contributed by atoms with Crippen LogP contribution in [0.5, 0.6) is 0 Å². The van der Waals surface area contributed by atoms with Gasteiger partial charge < -0.3 is 10.6 Å². The molecule has 1 heterocycles. The van der Waals surface area contributed by atoms with Gasteiger partial charge in [-0.2, -0.15) is 0 Å². The van der Waals surface area contributed by atoms with Gasteiger partial charge in [-0.05, 0) is 24.6 Å². The van der Waals surface area contributed by atoms with E-state index < -0.39 is 0 Å². The van der Waals surface area contributed by atoms with Crippen molar-refractivity contribution in [2.75, 3.05) is 22.9 Å². The summed E-state index contributed by atoms with van der Waals surface area (Å²) in [5.74, 6) is 1.19. The topological polar surface area (TPSA) is 46.3 Å². The maximum atomic E-state index is 12.1. The molecule has 1 aliphatic rings. The van der Waals surface area contributed by atoms with E-state index in [4.69, 9.17) is 5.73 Å². The Morgan fingerprint density at radius 3 is 3.12 bits per heavy atom. The zero-order chi connectivity index (χ0) is 12.3. The molecule has 3 nitrogen and oxygen atoms in total. The first-order chi connectivity index (χ1) is 8.22. The van der Waals surface area contributed by atoms with Crippen molar-refractivity contribution in [1.82, 2.24) is 0 Å². The number of benzene rings is 1. The van der Waals surface area contributed by atoms with Crippen LogP contribution in [0.2, 0.25) is 0 Å². The Hall–Kier alpha value is -1.16. The number of nitrogen functional groups attached to an aromatic ring is 1. The van der Waals surface area contributed by atoms with Crippen molar-refractivity contribution in [3.63, 3.8) is 0 Å². The van der Waals surface area contributed by atoms with Crippen LogP contribution < -0.4 is 10.6 Å². The third kappa shape index (κ3) is 2.75. The molecule has 0 radical (unpaired) electrons. The van der Waals surface area contributed by atoms with Crippen LogP contribution in [-0.4, -0.2) is 18.2 Å². The summed E-state index contributed by atoms with van der Waals surface area (Å²) in [5.41, 5.74) is 7.51. The van der Waals surface area contributed by atoms with Crippen molar-refractivity contribution < 1.29 is 4.79 Å². The van der Waals surface area contributed by atoms with Gasteiger partial charge in [0.1, 0.15) is 0 Å². The second-order valence-corrected chi connectivity index (χ2v) is 5.36. The monoisotopic (exact) mass is 250 g/mol. The van der Waals surface area contributed by atoms with Crippen molar-refractivity contribution in [1.29, 1.82) is 0 Å². The largest absolute Gasteiger partial charge is 0.399 e. The zero-order valence-electron chi connectivity index (χ0n) is 10.1. The van der Waals surface area contributed by atoms with E-state index in [9.17, 15) is 4.79 Å². The smallest absolute Gasteiger partial charge is 0.227 e. The number of fused-ring (bicyclic) bond motifs is 1. The van der Waals surface area contributed by atoms with Gasteiger partial charge in [-0.3, -0.25) is 4.79 Å². The van der Waals surface area contributed by atoms with E-state index in [0.717, 1.165) is 41.4 Å². The minimum atomic E-state index is 0.221. The van der Waals surface area contributed by atoms with Gasteiger partial charge in [0.2, 0.25) is 5.91 Å². The number of rotatable bonds is 3. The third-order valence-corrected chi connectivity index (χ3v) is 3.93. The van der Waals surface area contributed by atoms with Gasteiger partial charge in [-0.25, -0.2) is 0 Å². The summed E-state index contributed by atoms with van der Waals surface area (Å²) in [6.45, 7) is 2.90. The van der Waals surface area contributed by atoms with E-state index in [1.54, 1.807) is 11.8 Å². The first-order valence-electron chi connectivity index (χ1n) is 6.05. The SMILES string of the molecule is CCCCC(=O)N1CCSc2ccc(N)cc21.